The number of hydrogen-bond acceptors (Lipinski definition) is 4. The molecule has 2 N–H and O–H groups in total. The summed E-state index contributed by atoms with van der Waals surface area (Å²) in [7, 11) is 0. The molecular formula is C9H16N2O3. The Morgan fingerprint density at radius 1 is 1.64 bits per heavy atom. The van der Waals surface area contributed by atoms with Crippen molar-refractivity contribution in [1.29, 1.82) is 0 Å². The van der Waals surface area contributed by atoms with Crippen molar-refractivity contribution in [3.63, 3.8) is 0 Å². The number of amides is 1. The van der Waals surface area contributed by atoms with Gasteiger partial charge >= 0.3 is 5.97 Å². The number of carbonyl (C=O) groups is 2. The van der Waals surface area contributed by atoms with Crippen molar-refractivity contribution in [2.45, 2.75) is 19.9 Å². The van der Waals surface area contributed by atoms with Crippen LogP contribution in [0.15, 0.2) is 0 Å². The maximum Gasteiger partial charge on any atom is 0.324 e. The van der Waals surface area contributed by atoms with Gasteiger partial charge in [0, 0.05) is 6.54 Å². The molecule has 1 saturated heterocycles. The third kappa shape index (κ3) is 3.33. The van der Waals surface area contributed by atoms with Gasteiger partial charge < -0.3 is 10.1 Å². The minimum atomic E-state index is -0.397. The van der Waals surface area contributed by atoms with Crippen LogP contribution in [-0.4, -0.2) is 37.6 Å². The molecule has 0 aliphatic carbocycles. The third-order valence-corrected chi connectivity index (χ3v) is 1.86. The summed E-state index contributed by atoms with van der Waals surface area (Å²) in [6.07, 6.45) is 0. The Hall–Kier alpha value is -1.10. The quantitative estimate of drug-likeness (QED) is 0.590. The van der Waals surface area contributed by atoms with Gasteiger partial charge in [-0.05, 0) is 5.92 Å². The van der Waals surface area contributed by atoms with E-state index < -0.39 is 6.04 Å². The van der Waals surface area contributed by atoms with E-state index in [1.165, 1.54) is 0 Å². The Morgan fingerprint density at radius 3 is 2.86 bits per heavy atom. The van der Waals surface area contributed by atoms with Gasteiger partial charge in [-0.3, -0.25) is 14.9 Å². The van der Waals surface area contributed by atoms with E-state index in [1.54, 1.807) is 0 Å². The summed E-state index contributed by atoms with van der Waals surface area (Å²) < 4.78 is 5.03. The molecule has 1 amide bonds. The molecule has 1 rings (SSSR count). The number of piperazine rings is 1. The summed E-state index contributed by atoms with van der Waals surface area (Å²) in [5.74, 6) is -0.0475. The molecular weight excluding hydrogens is 184 g/mol. The topological polar surface area (TPSA) is 67.4 Å². The summed E-state index contributed by atoms with van der Waals surface area (Å²) in [6.45, 7) is 4.87. The summed E-state index contributed by atoms with van der Waals surface area (Å²) in [6, 6.07) is -0.397. The lowest BCUT2D eigenvalue weighted by Crippen LogP contribution is -2.55. The van der Waals surface area contributed by atoms with Gasteiger partial charge in [0.05, 0.1) is 13.2 Å². The van der Waals surface area contributed by atoms with Crippen molar-refractivity contribution in [1.82, 2.24) is 10.6 Å². The molecule has 0 aromatic heterocycles. The molecule has 0 aromatic rings. The number of nitrogens with one attached hydrogen (secondary N) is 2. The molecule has 0 saturated carbocycles. The van der Waals surface area contributed by atoms with Gasteiger partial charge in [0.1, 0.15) is 6.04 Å². The molecule has 0 aromatic carbocycles. The zero-order valence-electron chi connectivity index (χ0n) is 8.50. The highest BCUT2D eigenvalue weighted by atomic mass is 16.5. The second kappa shape index (κ2) is 4.95. The second-order valence-electron chi connectivity index (χ2n) is 3.76. The first-order chi connectivity index (χ1) is 6.59. The predicted octanol–water partition coefficient (Wildman–Crippen LogP) is -0.726. The molecule has 80 valence electrons. The van der Waals surface area contributed by atoms with Crippen LogP contribution < -0.4 is 10.6 Å². The van der Waals surface area contributed by atoms with Gasteiger partial charge in [0.25, 0.3) is 0 Å². The predicted molar refractivity (Wildman–Crippen MR) is 50.6 cm³/mol. The van der Waals surface area contributed by atoms with Crippen molar-refractivity contribution in [2.24, 2.45) is 5.92 Å². The maximum absolute atomic E-state index is 11.4. The molecule has 1 aliphatic heterocycles. The van der Waals surface area contributed by atoms with Crippen molar-refractivity contribution in [3.8, 4) is 0 Å². The molecule has 1 fully saturated rings. The first-order valence-corrected chi connectivity index (χ1v) is 4.76. The van der Waals surface area contributed by atoms with E-state index in [9.17, 15) is 9.59 Å². The first-order valence-electron chi connectivity index (χ1n) is 4.76. The molecule has 5 nitrogen and oxygen atoms in total. The van der Waals surface area contributed by atoms with Gasteiger partial charge in [-0.2, -0.15) is 0 Å². The summed E-state index contributed by atoms with van der Waals surface area (Å²) in [5.41, 5.74) is 0. The number of rotatable bonds is 3. The Morgan fingerprint density at radius 2 is 2.36 bits per heavy atom. The van der Waals surface area contributed by atoms with Crippen molar-refractivity contribution in [3.05, 3.63) is 0 Å². The Bertz CT molecular complexity index is 218. The summed E-state index contributed by atoms with van der Waals surface area (Å²) in [4.78, 5) is 22.1. The summed E-state index contributed by atoms with van der Waals surface area (Å²) in [5, 5.41) is 5.40. The normalized spacial score (nSPS) is 21.9. The van der Waals surface area contributed by atoms with Crippen LogP contribution in [0.25, 0.3) is 0 Å². The van der Waals surface area contributed by atoms with Gasteiger partial charge in [-0.25, -0.2) is 0 Å². The van der Waals surface area contributed by atoms with Crippen molar-refractivity contribution < 1.29 is 14.3 Å². The van der Waals surface area contributed by atoms with Crippen LogP contribution in [0.3, 0.4) is 0 Å². The van der Waals surface area contributed by atoms with Crippen molar-refractivity contribution in [2.75, 3.05) is 19.7 Å². The zero-order valence-corrected chi connectivity index (χ0v) is 8.50. The monoisotopic (exact) mass is 200 g/mol. The Kier molecular flexibility index (Phi) is 3.88. The smallest absolute Gasteiger partial charge is 0.324 e. The fourth-order valence-electron chi connectivity index (χ4n) is 1.08. The Balaban J connectivity index is 2.27. The lowest BCUT2D eigenvalue weighted by molar-refractivity contribution is -0.148. The van der Waals surface area contributed by atoms with Crippen LogP contribution in [0.2, 0.25) is 0 Å². The van der Waals surface area contributed by atoms with Crippen LogP contribution in [0, 0.1) is 5.92 Å². The first kappa shape index (κ1) is 11.0. The summed E-state index contributed by atoms with van der Waals surface area (Å²) >= 11 is 0. The molecule has 1 heterocycles. The van der Waals surface area contributed by atoms with E-state index in [4.69, 9.17) is 4.74 Å². The lowest BCUT2D eigenvalue weighted by atomic mass is 10.2. The van der Waals surface area contributed by atoms with E-state index in [-0.39, 0.29) is 18.4 Å². The van der Waals surface area contributed by atoms with Crippen LogP contribution in [-0.2, 0) is 14.3 Å². The van der Waals surface area contributed by atoms with Crippen LogP contribution in [0.1, 0.15) is 13.8 Å². The van der Waals surface area contributed by atoms with E-state index in [1.807, 2.05) is 13.8 Å². The average Bonchev–Trinajstić information content (AvgIpc) is 2.15. The number of hydrogen-bond donors (Lipinski definition) is 2. The molecule has 1 unspecified atom stereocenters. The lowest BCUT2D eigenvalue weighted by Gasteiger charge is -2.22. The molecule has 5 heteroatoms. The average molecular weight is 200 g/mol. The highest BCUT2D eigenvalue weighted by Crippen LogP contribution is 1.97. The highest BCUT2D eigenvalue weighted by molar-refractivity contribution is 5.83. The SMILES string of the molecule is CC(C)COC(=O)C1CNC(=O)CN1. The fourth-order valence-corrected chi connectivity index (χ4v) is 1.08. The number of esters is 1. The van der Waals surface area contributed by atoms with E-state index in [2.05, 4.69) is 10.6 Å². The molecule has 0 spiro atoms. The van der Waals surface area contributed by atoms with Crippen LogP contribution in [0.4, 0.5) is 0 Å². The highest BCUT2D eigenvalue weighted by Gasteiger charge is 2.24. The van der Waals surface area contributed by atoms with Gasteiger partial charge in [0.2, 0.25) is 5.91 Å². The number of carbonyl (C=O) groups excluding carboxylic acids is 2. The maximum atomic E-state index is 11.4. The molecule has 0 radical (unpaired) electrons. The number of ether oxygens (including phenoxy) is 1. The van der Waals surface area contributed by atoms with E-state index in [0.29, 0.717) is 19.1 Å². The zero-order chi connectivity index (χ0) is 10.6. The molecule has 1 atom stereocenters. The van der Waals surface area contributed by atoms with Crippen LogP contribution >= 0.6 is 0 Å². The second-order valence-corrected chi connectivity index (χ2v) is 3.76. The molecule has 0 bridgehead atoms. The fraction of sp³-hybridized carbons (Fsp3) is 0.778. The molecule has 14 heavy (non-hydrogen) atoms. The van der Waals surface area contributed by atoms with Crippen LogP contribution in [0.5, 0.6) is 0 Å². The largest absolute Gasteiger partial charge is 0.464 e. The molecule has 1 aliphatic rings. The Labute approximate surface area is 83.2 Å². The van der Waals surface area contributed by atoms with Gasteiger partial charge in [0.15, 0.2) is 0 Å². The van der Waals surface area contributed by atoms with Gasteiger partial charge in [-0.1, -0.05) is 13.8 Å². The van der Waals surface area contributed by atoms with Crippen molar-refractivity contribution >= 4 is 11.9 Å². The standard InChI is InChI=1S/C9H16N2O3/c1-6(2)5-14-9(13)7-3-11-8(12)4-10-7/h6-7,10H,3-5H2,1-2H3,(H,11,12). The minimum Gasteiger partial charge on any atom is -0.464 e. The van der Waals surface area contributed by atoms with Gasteiger partial charge in [-0.15, -0.1) is 0 Å². The van der Waals surface area contributed by atoms with E-state index in [0.717, 1.165) is 0 Å². The third-order valence-electron chi connectivity index (χ3n) is 1.86. The van der Waals surface area contributed by atoms with E-state index >= 15 is 0 Å². The minimum absolute atomic E-state index is 0.0853.